The summed E-state index contributed by atoms with van der Waals surface area (Å²) in [6.07, 6.45) is 2.66. The number of hydrogen-bond acceptors (Lipinski definition) is 4. The first-order chi connectivity index (χ1) is 13.1. The highest BCUT2D eigenvalue weighted by Gasteiger charge is 2.16. The number of benzene rings is 3. The number of para-hydroxylation sites is 1. The largest absolute Gasteiger partial charge is 0.359 e. The van der Waals surface area contributed by atoms with E-state index in [1.807, 2.05) is 30.3 Å². The lowest BCUT2D eigenvalue weighted by molar-refractivity contribution is 0.104. The molecule has 3 aromatic rings. The molecule has 0 aromatic heterocycles. The molecule has 6 heteroatoms. The second kappa shape index (κ2) is 7.25. The van der Waals surface area contributed by atoms with Crippen LogP contribution in [-0.2, 0) is 0 Å². The van der Waals surface area contributed by atoms with Crippen LogP contribution in [0.4, 0.5) is 25.8 Å². The van der Waals surface area contributed by atoms with Gasteiger partial charge in [0, 0.05) is 33.7 Å². The maximum absolute atomic E-state index is 13.6. The summed E-state index contributed by atoms with van der Waals surface area (Å²) in [6.45, 7) is 0. The van der Waals surface area contributed by atoms with Gasteiger partial charge in [0.25, 0.3) is 0 Å². The van der Waals surface area contributed by atoms with E-state index in [1.54, 1.807) is 23.9 Å². The minimum Gasteiger partial charge on any atom is -0.359 e. The Bertz CT molecular complexity index is 1070. The smallest absolute Gasteiger partial charge is 0.187 e. The number of hydrogen-bond donors (Lipinski definition) is 2. The zero-order valence-electron chi connectivity index (χ0n) is 14.0. The van der Waals surface area contributed by atoms with Crippen LogP contribution in [0.25, 0.3) is 0 Å². The van der Waals surface area contributed by atoms with Crippen molar-refractivity contribution in [2.45, 2.75) is 9.79 Å². The third kappa shape index (κ3) is 3.71. The first-order valence-electron chi connectivity index (χ1n) is 8.20. The van der Waals surface area contributed by atoms with E-state index in [4.69, 9.17) is 0 Å². The lowest BCUT2D eigenvalue weighted by Crippen LogP contribution is -2.03. The molecule has 0 bridgehead atoms. The normalized spacial score (nSPS) is 12.2. The quantitative estimate of drug-likeness (QED) is 0.337. The SMILES string of the molecule is O=C(/C=C/Nc1ccc(F)cc1F)c1ccc2c(c1)Nc1ccccc1S2. The Kier molecular flexibility index (Phi) is 4.64. The summed E-state index contributed by atoms with van der Waals surface area (Å²) in [4.78, 5) is 14.6. The second-order valence-electron chi connectivity index (χ2n) is 5.90. The standard InChI is InChI=1S/C21H14F2N2OS/c22-14-6-7-16(15(23)12-14)24-10-9-19(26)13-5-8-21-18(11-13)25-17-3-1-2-4-20(17)27-21/h1-12,24-25H/b10-9+. The molecule has 0 spiro atoms. The van der Waals surface area contributed by atoms with Crippen LogP contribution in [-0.4, -0.2) is 5.78 Å². The predicted molar refractivity (Wildman–Crippen MR) is 104 cm³/mol. The molecule has 0 amide bonds. The molecule has 0 radical (unpaired) electrons. The third-order valence-corrected chi connectivity index (χ3v) is 5.20. The Hall–Kier alpha value is -3.12. The van der Waals surface area contributed by atoms with E-state index in [0.29, 0.717) is 5.56 Å². The summed E-state index contributed by atoms with van der Waals surface area (Å²) in [7, 11) is 0. The molecule has 1 aliphatic rings. The number of rotatable bonds is 4. The highest BCUT2D eigenvalue weighted by Crippen LogP contribution is 2.44. The second-order valence-corrected chi connectivity index (χ2v) is 6.98. The van der Waals surface area contributed by atoms with Crippen LogP contribution in [0.15, 0.2) is 82.7 Å². The number of halogens is 2. The molecular formula is C21H14F2N2OS. The zero-order valence-corrected chi connectivity index (χ0v) is 14.8. The molecule has 3 aromatic carbocycles. The average Bonchev–Trinajstić information content (AvgIpc) is 2.67. The van der Waals surface area contributed by atoms with Crippen molar-refractivity contribution in [1.29, 1.82) is 0 Å². The van der Waals surface area contributed by atoms with Gasteiger partial charge in [-0.3, -0.25) is 4.79 Å². The van der Waals surface area contributed by atoms with Crippen molar-refractivity contribution >= 4 is 34.6 Å². The van der Waals surface area contributed by atoms with Crippen molar-refractivity contribution in [2.24, 2.45) is 0 Å². The van der Waals surface area contributed by atoms with Gasteiger partial charge in [0.05, 0.1) is 17.1 Å². The number of fused-ring (bicyclic) bond motifs is 2. The topological polar surface area (TPSA) is 41.1 Å². The van der Waals surface area contributed by atoms with Crippen LogP contribution < -0.4 is 10.6 Å². The van der Waals surface area contributed by atoms with Gasteiger partial charge in [0.1, 0.15) is 11.6 Å². The summed E-state index contributed by atoms with van der Waals surface area (Å²) in [5.41, 5.74) is 2.48. The summed E-state index contributed by atoms with van der Waals surface area (Å²) >= 11 is 1.64. The summed E-state index contributed by atoms with van der Waals surface area (Å²) < 4.78 is 26.5. The van der Waals surface area contributed by atoms with Crippen molar-refractivity contribution in [3.8, 4) is 0 Å². The highest BCUT2D eigenvalue weighted by atomic mass is 32.2. The fraction of sp³-hybridized carbons (Fsp3) is 0. The molecule has 0 atom stereocenters. The Morgan fingerprint density at radius 2 is 1.78 bits per heavy atom. The molecule has 1 aliphatic heterocycles. The summed E-state index contributed by atoms with van der Waals surface area (Å²) in [5.74, 6) is -1.60. The molecular weight excluding hydrogens is 366 g/mol. The molecule has 4 rings (SSSR count). The molecule has 0 aliphatic carbocycles. The van der Waals surface area contributed by atoms with Gasteiger partial charge in [-0.15, -0.1) is 0 Å². The lowest BCUT2D eigenvalue weighted by atomic mass is 10.1. The van der Waals surface area contributed by atoms with Gasteiger partial charge in [-0.25, -0.2) is 8.78 Å². The molecule has 0 fully saturated rings. The van der Waals surface area contributed by atoms with Gasteiger partial charge in [-0.2, -0.15) is 0 Å². The van der Waals surface area contributed by atoms with Crippen molar-refractivity contribution in [1.82, 2.24) is 0 Å². The minimum atomic E-state index is -0.722. The lowest BCUT2D eigenvalue weighted by Gasteiger charge is -2.20. The monoisotopic (exact) mass is 380 g/mol. The van der Waals surface area contributed by atoms with Crippen LogP contribution >= 0.6 is 11.8 Å². The van der Waals surface area contributed by atoms with Crippen LogP contribution in [0.1, 0.15) is 10.4 Å². The Balaban J connectivity index is 1.48. The molecule has 2 N–H and O–H groups in total. The average molecular weight is 380 g/mol. The van der Waals surface area contributed by atoms with E-state index in [9.17, 15) is 13.6 Å². The molecule has 3 nitrogen and oxygen atoms in total. The van der Waals surface area contributed by atoms with E-state index in [0.717, 1.165) is 33.3 Å². The predicted octanol–water partition coefficient (Wildman–Crippen LogP) is 5.98. The number of nitrogens with one attached hydrogen (secondary N) is 2. The molecule has 0 saturated heterocycles. The molecule has 0 unspecified atom stereocenters. The van der Waals surface area contributed by atoms with Gasteiger partial charge in [0.15, 0.2) is 5.78 Å². The number of carbonyl (C=O) groups excluding carboxylic acids is 1. The molecule has 134 valence electrons. The summed E-state index contributed by atoms with van der Waals surface area (Å²) in [5, 5.41) is 5.99. The molecule has 1 heterocycles. The first kappa shape index (κ1) is 17.3. The highest BCUT2D eigenvalue weighted by molar-refractivity contribution is 7.99. The Morgan fingerprint density at radius 1 is 0.963 bits per heavy atom. The minimum absolute atomic E-state index is 0.0977. The number of ketones is 1. The fourth-order valence-corrected chi connectivity index (χ4v) is 3.67. The van der Waals surface area contributed by atoms with Gasteiger partial charge in [-0.05, 0) is 42.5 Å². The van der Waals surface area contributed by atoms with E-state index < -0.39 is 11.6 Å². The zero-order chi connectivity index (χ0) is 18.8. The van der Waals surface area contributed by atoms with E-state index >= 15 is 0 Å². The molecule has 27 heavy (non-hydrogen) atoms. The Morgan fingerprint density at radius 3 is 2.63 bits per heavy atom. The van der Waals surface area contributed by atoms with Crippen molar-refractivity contribution in [2.75, 3.05) is 10.6 Å². The van der Waals surface area contributed by atoms with Crippen molar-refractivity contribution in [3.05, 3.63) is 90.1 Å². The maximum atomic E-state index is 13.6. The van der Waals surface area contributed by atoms with Crippen LogP contribution in [0.2, 0.25) is 0 Å². The van der Waals surface area contributed by atoms with Crippen LogP contribution in [0, 0.1) is 11.6 Å². The van der Waals surface area contributed by atoms with Crippen LogP contribution in [0.3, 0.4) is 0 Å². The molecule has 0 saturated carbocycles. The summed E-state index contributed by atoms with van der Waals surface area (Å²) in [6, 6.07) is 16.6. The van der Waals surface area contributed by atoms with E-state index in [2.05, 4.69) is 10.6 Å². The van der Waals surface area contributed by atoms with Crippen LogP contribution in [0.5, 0.6) is 0 Å². The third-order valence-electron chi connectivity index (χ3n) is 4.05. The fourth-order valence-electron chi connectivity index (χ4n) is 2.70. The van der Waals surface area contributed by atoms with Crippen molar-refractivity contribution < 1.29 is 13.6 Å². The number of carbonyl (C=O) groups is 1. The van der Waals surface area contributed by atoms with Gasteiger partial charge >= 0.3 is 0 Å². The first-order valence-corrected chi connectivity index (χ1v) is 9.02. The van der Waals surface area contributed by atoms with E-state index in [-0.39, 0.29) is 11.5 Å². The van der Waals surface area contributed by atoms with Gasteiger partial charge < -0.3 is 10.6 Å². The number of allylic oxidation sites excluding steroid dienone is 1. The van der Waals surface area contributed by atoms with Crippen molar-refractivity contribution in [3.63, 3.8) is 0 Å². The van der Waals surface area contributed by atoms with Gasteiger partial charge in [-0.1, -0.05) is 23.9 Å². The maximum Gasteiger partial charge on any atom is 0.187 e. The Labute approximate surface area is 159 Å². The number of anilines is 3. The van der Waals surface area contributed by atoms with Gasteiger partial charge in [0.2, 0.25) is 0 Å². The van der Waals surface area contributed by atoms with E-state index in [1.165, 1.54) is 18.3 Å².